The maximum Gasteiger partial charge on any atom is 0.130 e. The van der Waals surface area contributed by atoms with E-state index in [0.29, 0.717) is 0 Å². The molecule has 1 unspecified atom stereocenters. The molecule has 0 saturated carbocycles. The Labute approximate surface area is 140 Å². The molecule has 0 saturated heterocycles. The molecule has 0 radical (unpaired) electrons. The largest absolute Gasteiger partial charge is 0.485 e. The van der Waals surface area contributed by atoms with Crippen LogP contribution in [0.4, 0.5) is 0 Å². The van der Waals surface area contributed by atoms with Gasteiger partial charge in [-0.2, -0.15) is 4.37 Å². The summed E-state index contributed by atoms with van der Waals surface area (Å²) in [4.78, 5) is 0. The molecular weight excluding hydrogens is 316 g/mol. The number of nitrogens with one attached hydrogen (secondary N) is 1. The van der Waals surface area contributed by atoms with Crippen molar-refractivity contribution in [1.82, 2.24) is 9.69 Å². The van der Waals surface area contributed by atoms with Crippen LogP contribution in [-0.2, 0) is 0 Å². The summed E-state index contributed by atoms with van der Waals surface area (Å²) >= 11 is 1.50. The molecule has 3 rings (SSSR count). The molecule has 3 nitrogen and oxygen atoms in total. The molecule has 116 valence electrons. The molecule has 2 aromatic carbocycles. The molecule has 0 spiro atoms. The highest BCUT2D eigenvalue weighted by atomic mass is 35.5. The number of rotatable bonds is 6. The third-order valence-electron chi connectivity index (χ3n) is 3.46. The minimum absolute atomic E-state index is 0. The van der Waals surface area contributed by atoms with E-state index in [2.05, 4.69) is 40.0 Å². The van der Waals surface area contributed by atoms with Gasteiger partial charge in [0, 0.05) is 6.42 Å². The van der Waals surface area contributed by atoms with Crippen LogP contribution in [0.3, 0.4) is 0 Å². The van der Waals surface area contributed by atoms with E-state index in [1.165, 1.54) is 17.1 Å². The first-order valence-electron chi connectivity index (χ1n) is 7.08. The Balaban J connectivity index is 0.00000176. The van der Waals surface area contributed by atoms with Crippen LogP contribution in [0.5, 0.6) is 5.75 Å². The average molecular weight is 335 g/mol. The number of halogens is 1. The summed E-state index contributed by atoms with van der Waals surface area (Å²) in [5.74, 6) is 0.909. The third-order valence-corrected chi connectivity index (χ3v) is 4.22. The minimum Gasteiger partial charge on any atom is -0.485 e. The summed E-state index contributed by atoms with van der Waals surface area (Å²) in [7, 11) is 1.96. The predicted octanol–water partition coefficient (Wildman–Crippen LogP) is 4.45. The third kappa shape index (κ3) is 3.77. The summed E-state index contributed by atoms with van der Waals surface area (Å²) < 4.78 is 11.7. The second kappa shape index (κ2) is 8.13. The number of hydrogen-bond acceptors (Lipinski definition) is 4. The van der Waals surface area contributed by atoms with Gasteiger partial charge in [0.15, 0.2) is 0 Å². The fraction of sp³-hybridized carbons (Fsp3) is 0.235. The summed E-state index contributed by atoms with van der Waals surface area (Å²) in [5.41, 5.74) is 1.20. The van der Waals surface area contributed by atoms with Crippen LogP contribution >= 0.6 is 23.9 Å². The number of fused-ring (bicyclic) bond motifs is 1. The smallest absolute Gasteiger partial charge is 0.130 e. The van der Waals surface area contributed by atoms with Gasteiger partial charge in [0.2, 0.25) is 0 Å². The Bertz CT molecular complexity index is 702. The van der Waals surface area contributed by atoms with Gasteiger partial charge in [-0.25, -0.2) is 0 Å². The Kier molecular flexibility index (Phi) is 6.19. The van der Waals surface area contributed by atoms with E-state index in [0.717, 1.165) is 28.8 Å². The van der Waals surface area contributed by atoms with Crippen molar-refractivity contribution in [1.29, 1.82) is 0 Å². The number of benzene rings is 2. The van der Waals surface area contributed by atoms with Gasteiger partial charge in [0.1, 0.15) is 11.9 Å². The van der Waals surface area contributed by atoms with Gasteiger partial charge in [-0.15, -0.1) is 12.4 Å². The van der Waals surface area contributed by atoms with E-state index in [1.807, 2.05) is 31.4 Å². The van der Waals surface area contributed by atoms with Gasteiger partial charge in [0.05, 0.1) is 16.3 Å². The first-order valence-corrected chi connectivity index (χ1v) is 7.85. The van der Waals surface area contributed by atoms with Gasteiger partial charge in [-0.1, -0.05) is 36.4 Å². The second-order valence-electron chi connectivity index (χ2n) is 4.90. The lowest BCUT2D eigenvalue weighted by Crippen LogP contribution is -2.16. The van der Waals surface area contributed by atoms with Crippen LogP contribution in [0.15, 0.2) is 54.7 Å². The van der Waals surface area contributed by atoms with Gasteiger partial charge in [-0.05, 0) is 42.8 Å². The molecule has 0 aliphatic heterocycles. The van der Waals surface area contributed by atoms with Crippen molar-refractivity contribution < 1.29 is 4.74 Å². The molecule has 0 aliphatic rings. The van der Waals surface area contributed by atoms with E-state index in [9.17, 15) is 0 Å². The van der Waals surface area contributed by atoms with Gasteiger partial charge < -0.3 is 10.1 Å². The van der Waals surface area contributed by atoms with Gasteiger partial charge in [-0.3, -0.25) is 0 Å². The standard InChI is InChI=1S/C17H18N2OS.ClH/c1-18-11-10-15(13-6-3-2-4-7-13)20-16-8-5-9-17-14(16)12-19-21-17;/h2-9,12,15,18H,10-11H2,1H3;1H. The van der Waals surface area contributed by atoms with E-state index >= 15 is 0 Å². The summed E-state index contributed by atoms with van der Waals surface area (Å²) in [6.45, 7) is 0.914. The molecule has 1 atom stereocenters. The fourth-order valence-corrected chi connectivity index (χ4v) is 3.02. The van der Waals surface area contributed by atoms with Crippen molar-refractivity contribution in [3.05, 3.63) is 60.3 Å². The highest BCUT2D eigenvalue weighted by molar-refractivity contribution is 7.13. The van der Waals surface area contributed by atoms with E-state index in [-0.39, 0.29) is 18.5 Å². The van der Waals surface area contributed by atoms with Gasteiger partial charge in [0.25, 0.3) is 0 Å². The molecule has 1 N–H and O–H groups in total. The van der Waals surface area contributed by atoms with Gasteiger partial charge >= 0.3 is 0 Å². The Morgan fingerprint density at radius 1 is 1.14 bits per heavy atom. The Morgan fingerprint density at radius 2 is 1.95 bits per heavy atom. The predicted molar refractivity (Wildman–Crippen MR) is 95.2 cm³/mol. The molecular formula is C17H19ClN2OS. The highest BCUT2D eigenvalue weighted by Crippen LogP contribution is 2.32. The molecule has 0 aliphatic carbocycles. The fourth-order valence-electron chi connectivity index (χ4n) is 2.36. The van der Waals surface area contributed by atoms with Crippen LogP contribution in [0.1, 0.15) is 18.1 Å². The van der Waals surface area contributed by atoms with Crippen molar-refractivity contribution in [2.24, 2.45) is 0 Å². The molecule has 1 heterocycles. The Hall–Kier alpha value is -1.62. The highest BCUT2D eigenvalue weighted by Gasteiger charge is 2.14. The van der Waals surface area contributed by atoms with Crippen LogP contribution < -0.4 is 10.1 Å². The van der Waals surface area contributed by atoms with Crippen LogP contribution in [-0.4, -0.2) is 18.0 Å². The topological polar surface area (TPSA) is 34.1 Å². The molecule has 0 bridgehead atoms. The molecule has 22 heavy (non-hydrogen) atoms. The summed E-state index contributed by atoms with van der Waals surface area (Å²) in [6, 6.07) is 16.5. The Morgan fingerprint density at radius 3 is 2.73 bits per heavy atom. The van der Waals surface area contributed by atoms with E-state index in [4.69, 9.17) is 4.74 Å². The van der Waals surface area contributed by atoms with Crippen molar-refractivity contribution >= 4 is 34.0 Å². The normalized spacial score (nSPS) is 11.9. The van der Waals surface area contributed by atoms with E-state index in [1.54, 1.807) is 0 Å². The molecule has 0 amide bonds. The minimum atomic E-state index is 0. The number of hydrogen-bond donors (Lipinski definition) is 1. The number of nitrogens with zero attached hydrogens (tertiary/aromatic N) is 1. The quantitative estimate of drug-likeness (QED) is 0.723. The zero-order chi connectivity index (χ0) is 14.5. The van der Waals surface area contributed by atoms with E-state index < -0.39 is 0 Å². The van der Waals surface area contributed by atoms with Crippen molar-refractivity contribution in [3.63, 3.8) is 0 Å². The molecule has 0 fully saturated rings. The lowest BCUT2D eigenvalue weighted by atomic mass is 10.1. The first-order chi connectivity index (χ1) is 10.4. The van der Waals surface area contributed by atoms with Crippen LogP contribution in [0.2, 0.25) is 0 Å². The van der Waals surface area contributed by atoms with Crippen molar-refractivity contribution in [3.8, 4) is 5.75 Å². The number of aromatic nitrogens is 1. The monoisotopic (exact) mass is 334 g/mol. The summed E-state index contributed by atoms with van der Waals surface area (Å²) in [5, 5.41) is 4.29. The zero-order valence-corrected chi connectivity index (χ0v) is 14.0. The molecule has 1 aromatic heterocycles. The maximum absolute atomic E-state index is 6.30. The average Bonchev–Trinajstić information content (AvgIpc) is 3.01. The molecule has 5 heteroatoms. The van der Waals surface area contributed by atoms with Crippen molar-refractivity contribution in [2.75, 3.05) is 13.6 Å². The number of ether oxygens (including phenoxy) is 1. The lowest BCUT2D eigenvalue weighted by molar-refractivity contribution is 0.197. The van der Waals surface area contributed by atoms with Crippen LogP contribution in [0.25, 0.3) is 10.1 Å². The zero-order valence-electron chi connectivity index (χ0n) is 12.4. The van der Waals surface area contributed by atoms with Crippen LogP contribution in [0, 0.1) is 0 Å². The SMILES string of the molecule is CNCCC(Oc1cccc2sncc12)c1ccccc1.Cl. The lowest BCUT2D eigenvalue weighted by Gasteiger charge is -2.20. The van der Waals surface area contributed by atoms with Crippen molar-refractivity contribution in [2.45, 2.75) is 12.5 Å². The molecule has 3 aromatic rings. The first kappa shape index (κ1) is 16.7. The summed E-state index contributed by atoms with van der Waals surface area (Å²) in [6.07, 6.45) is 2.85. The maximum atomic E-state index is 6.30. The second-order valence-corrected chi connectivity index (χ2v) is 5.74.